The molecule has 1 heterocycles. The number of carboxylic acids is 1. The quantitative estimate of drug-likeness (QED) is 0.861. The Morgan fingerprint density at radius 1 is 1.29 bits per heavy atom. The number of aromatic nitrogens is 1. The van der Waals surface area contributed by atoms with Gasteiger partial charge in [-0.25, -0.2) is 4.98 Å². The van der Waals surface area contributed by atoms with Crippen molar-refractivity contribution in [2.75, 3.05) is 5.32 Å². The van der Waals surface area contributed by atoms with Gasteiger partial charge in [0.2, 0.25) is 0 Å². The Morgan fingerprint density at radius 3 is 2.43 bits per heavy atom. The molecule has 0 bridgehead atoms. The smallest absolute Gasteiger partial charge is 0.315 e. The predicted octanol–water partition coefficient (Wildman–Crippen LogP) is 4.37. The van der Waals surface area contributed by atoms with Gasteiger partial charge < -0.3 is 10.4 Å². The van der Waals surface area contributed by atoms with Gasteiger partial charge in [-0.15, -0.1) is 11.3 Å². The summed E-state index contributed by atoms with van der Waals surface area (Å²) in [7, 11) is 0. The minimum absolute atomic E-state index is 0.502. The molecule has 112 valence electrons. The van der Waals surface area contributed by atoms with Crippen LogP contribution >= 0.6 is 11.3 Å². The maximum atomic E-state index is 11.2. The fraction of sp³-hybridized carbons (Fsp3) is 0.375. The maximum Gasteiger partial charge on any atom is 0.315 e. The maximum absolute atomic E-state index is 11.2. The number of rotatable bonds is 5. The highest BCUT2D eigenvalue weighted by Crippen LogP contribution is 2.29. The molecule has 0 saturated carbocycles. The Kier molecular flexibility index (Phi) is 4.32. The Hall–Kier alpha value is -1.88. The molecule has 0 spiro atoms. The molecule has 0 fully saturated rings. The number of hydrogen-bond acceptors (Lipinski definition) is 4. The second kappa shape index (κ2) is 5.85. The summed E-state index contributed by atoms with van der Waals surface area (Å²) in [5.74, 6) is -0.373. The van der Waals surface area contributed by atoms with Crippen LogP contribution in [0.3, 0.4) is 0 Å². The summed E-state index contributed by atoms with van der Waals surface area (Å²) in [6.07, 6.45) is 0. The number of nitrogens with zero attached hydrogens (tertiary/aromatic N) is 1. The first-order chi connectivity index (χ1) is 9.80. The highest BCUT2D eigenvalue weighted by Gasteiger charge is 2.32. The Balaban J connectivity index is 2.14. The van der Waals surface area contributed by atoms with Crippen LogP contribution in [0.5, 0.6) is 0 Å². The van der Waals surface area contributed by atoms with Crippen LogP contribution in [0.25, 0.3) is 0 Å². The van der Waals surface area contributed by atoms with Crippen molar-refractivity contribution in [3.8, 4) is 0 Å². The standard InChI is InChI=1S/C16H20N2O2S/c1-10(2)11-5-7-12(8-6-11)17-15-18-13(9-21-15)16(3,4)14(19)20/h5-10H,1-4H3,(H,17,18)(H,19,20). The van der Waals surface area contributed by atoms with Gasteiger partial charge in [0, 0.05) is 11.1 Å². The summed E-state index contributed by atoms with van der Waals surface area (Å²) in [6.45, 7) is 7.63. The van der Waals surface area contributed by atoms with E-state index in [1.807, 2.05) is 12.1 Å². The topological polar surface area (TPSA) is 62.2 Å². The third-order valence-electron chi connectivity index (χ3n) is 3.51. The van der Waals surface area contributed by atoms with Gasteiger partial charge in [-0.1, -0.05) is 26.0 Å². The number of hydrogen-bond donors (Lipinski definition) is 2. The summed E-state index contributed by atoms with van der Waals surface area (Å²) < 4.78 is 0. The first-order valence-corrected chi connectivity index (χ1v) is 7.75. The zero-order valence-electron chi connectivity index (χ0n) is 12.7. The lowest BCUT2D eigenvalue weighted by Crippen LogP contribution is -2.28. The Labute approximate surface area is 128 Å². The van der Waals surface area contributed by atoms with E-state index >= 15 is 0 Å². The Bertz CT molecular complexity index is 630. The monoisotopic (exact) mass is 304 g/mol. The van der Waals surface area contributed by atoms with Crippen LogP contribution < -0.4 is 5.32 Å². The van der Waals surface area contributed by atoms with Crippen LogP contribution in [0.15, 0.2) is 29.6 Å². The SMILES string of the molecule is CC(C)c1ccc(Nc2nc(C(C)(C)C(=O)O)cs2)cc1. The van der Waals surface area contributed by atoms with Gasteiger partial charge >= 0.3 is 5.97 Å². The molecule has 2 rings (SSSR count). The van der Waals surface area contributed by atoms with Crippen molar-refractivity contribution in [2.24, 2.45) is 0 Å². The molecule has 0 radical (unpaired) electrons. The van der Waals surface area contributed by atoms with Gasteiger partial charge in [-0.3, -0.25) is 4.79 Å². The zero-order chi connectivity index (χ0) is 15.6. The number of thiazole rings is 1. The average Bonchev–Trinajstić information content (AvgIpc) is 2.88. The first kappa shape index (κ1) is 15.5. The highest BCUT2D eigenvalue weighted by atomic mass is 32.1. The number of carbonyl (C=O) groups is 1. The summed E-state index contributed by atoms with van der Waals surface area (Å²) in [4.78, 5) is 15.6. The van der Waals surface area contributed by atoms with E-state index in [0.29, 0.717) is 16.7 Å². The third kappa shape index (κ3) is 3.42. The molecule has 0 amide bonds. The molecule has 1 aromatic heterocycles. The van der Waals surface area contributed by atoms with Gasteiger partial charge in [-0.05, 0) is 37.5 Å². The van der Waals surface area contributed by atoms with E-state index in [1.165, 1.54) is 16.9 Å². The van der Waals surface area contributed by atoms with Crippen molar-refractivity contribution in [3.63, 3.8) is 0 Å². The molecule has 1 aromatic carbocycles. The van der Waals surface area contributed by atoms with E-state index in [4.69, 9.17) is 0 Å². The lowest BCUT2D eigenvalue weighted by Gasteiger charge is -2.15. The molecule has 2 aromatic rings. The molecule has 0 atom stereocenters. The largest absolute Gasteiger partial charge is 0.481 e. The summed E-state index contributed by atoms with van der Waals surface area (Å²) in [5, 5.41) is 14.9. The minimum atomic E-state index is -0.974. The van der Waals surface area contributed by atoms with Crippen LogP contribution in [0, 0.1) is 0 Å². The van der Waals surface area contributed by atoms with Crippen molar-refractivity contribution in [1.29, 1.82) is 0 Å². The van der Waals surface area contributed by atoms with Crippen molar-refractivity contribution in [3.05, 3.63) is 40.9 Å². The van der Waals surface area contributed by atoms with Gasteiger partial charge in [0.05, 0.1) is 5.69 Å². The average molecular weight is 304 g/mol. The fourth-order valence-corrected chi connectivity index (χ4v) is 2.70. The van der Waals surface area contributed by atoms with Crippen molar-refractivity contribution in [2.45, 2.75) is 39.0 Å². The molecule has 21 heavy (non-hydrogen) atoms. The van der Waals surface area contributed by atoms with Crippen LogP contribution in [0.2, 0.25) is 0 Å². The van der Waals surface area contributed by atoms with E-state index in [-0.39, 0.29) is 0 Å². The van der Waals surface area contributed by atoms with Gasteiger partial charge in [0.25, 0.3) is 0 Å². The first-order valence-electron chi connectivity index (χ1n) is 6.87. The number of nitrogens with one attached hydrogen (secondary N) is 1. The van der Waals surface area contributed by atoms with Gasteiger partial charge in [-0.2, -0.15) is 0 Å². The molecule has 0 aliphatic heterocycles. The normalized spacial score (nSPS) is 11.7. The van der Waals surface area contributed by atoms with E-state index in [0.717, 1.165) is 5.69 Å². The van der Waals surface area contributed by atoms with E-state index in [2.05, 4.69) is 36.3 Å². The predicted molar refractivity (Wildman–Crippen MR) is 86.6 cm³/mol. The minimum Gasteiger partial charge on any atom is -0.481 e. The molecule has 0 aliphatic rings. The zero-order valence-corrected chi connectivity index (χ0v) is 13.5. The highest BCUT2D eigenvalue weighted by molar-refractivity contribution is 7.13. The van der Waals surface area contributed by atoms with Gasteiger partial charge in [0.1, 0.15) is 5.41 Å². The number of benzene rings is 1. The number of anilines is 2. The molecule has 0 saturated heterocycles. The molecule has 0 unspecified atom stereocenters. The lowest BCUT2D eigenvalue weighted by atomic mass is 9.90. The second-order valence-corrected chi connectivity index (χ2v) is 6.73. The molecule has 0 aliphatic carbocycles. The molecule has 5 heteroatoms. The summed E-state index contributed by atoms with van der Waals surface area (Å²) >= 11 is 1.41. The van der Waals surface area contributed by atoms with Crippen LogP contribution in [-0.4, -0.2) is 16.1 Å². The van der Waals surface area contributed by atoms with E-state index in [9.17, 15) is 9.90 Å². The summed E-state index contributed by atoms with van der Waals surface area (Å²) in [5.41, 5.74) is 1.83. The molecular formula is C16H20N2O2S. The van der Waals surface area contributed by atoms with Crippen LogP contribution in [0.4, 0.5) is 10.8 Å². The van der Waals surface area contributed by atoms with E-state index in [1.54, 1.807) is 19.2 Å². The molecular weight excluding hydrogens is 284 g/mol. The lowest BCUT2D eigenvalue weighted by molar-refractivity contribution is -0.142. The van der Waals surface area contributed by atoms with Crippen molar-refractivity contribution in [1.82, 2.24) is 4.98 Å². The van der Waals surface area contributed by atoms with Gasteiger partial charge in [0.15, 0.2) is 5.13 Å². The third-order valence-corrected chi connectivity index (χ3v) is 4.27. The molecule has 2 N–H and O–H groups in total. The second-order valence-electron chi connectivity index (χ2n) is 5.87. The van der Waals surface area contributed by atoms with Crippen LogP contribution in [-0.2, 0) is 10.2 Å². The van der Waals surface area contributed by atoms with E-state index < -0.39 is 11.4 Å². The number of aliphatic carboxylic acids is 1. The van der Waals surface area contributed by atoms with Crippen LogP contribution in [0.1, 0.15) is 44.9 Å². The van der Waals surface area contributed by atoms with Crippen molar-refractivity contribution >= 4 is 28.1 Å². The summed E-state index contributed by atoms with van der Waals surface area (Å²) in [6, 6.07) is 8.20. The van der Waals surface area contributed by atoms with Crippen molar-refractivity contribution < 1.29 is 9.90 Å². The molecule has 4 nitrogen and oxygen atoms in total. The number of carboxylic acid groups (broad SMARTS) is 1. The Morgan fingerprint density at radius 2 is 1.90 bits per heavy atom. The fourth-order valence-electron chi connectivity index (χ4n) is 1.80.